The quantitative estimate of drug-likeness (QED) is 0.620. The third-order valence-corrected chi connectivity index (χ3v) is 5.56. The maximum absolute atomic E-state index is 12.4. The summed E-state index contributed by atoms with van der Waals surface area (Å²) in [5.41, 5.74) is 2.36. The lowest BCUT2D eigenvalue weighted by atomic mass is 9.85. The molecule has 1 spiro atoms. The highest BCUT2D eigenvalue weighted by Crippen LogP contribution is 2.36. The average Bonchev–Trinajstić information content (AvgIpc) is 3.18. The zero-order valence-electron chi connectivity index (χ0n) is 16.4. The number of hydrogen-bond donors (Lipinski definition) is 1. The number of hydrogen-bond acceptors (Lipinski definition) is 6. The summed E-state index contributed by atoms with van der Waals surface area (Å²) in [6, 6.07) is 14.7. The fraction of sp³-hybridized carbons (Fsp3) is 0.304. The molecular formula is C23H24N2O4. The molecular weight excluding hydrogens is 368 g/mol. The van der Waals surface area contributed by atoms with E-state index < -0.39 is 0 Å². The molecule has 6 heteroatoms. The van der Waals surface area contributed by atoms with Gasteiger partial charge in [-0.2, -0.15) is 0 Å². The van der Waals surface area contributed by atoms with Crippen LogP contribution in [0, 0.1) is 0 Å². The van der Waals surface area contributed by atoms with Crippen LogP contribution in [0.4, 0.5) is 0 Å². The first-order valence-corrected chi connectivity index (χ1v) is 9.73. The number of phenols is 1. The summed E-state index contributed by atoms with van der Waals surface area (Å²) >= 11 is 0. The fourth-order valence-corrected chi connectivity index (χ4v) is 3.76. The molecule has 0 unspecified atom stereocenters. The van der Waals surface area contributed by atoms with Gasteiger partial charge in [-0.05, 0) is 23.8 Å². The normalized spacial score (nSPS) is 18.0. The number of benzene rings is 2. The van der Waals surface area contributed by atoms with E-state index in [4.69, 9.17) is 9.57 Å². The molecule has 1 fully saturated rings. The van der Waals surface area contributed by atoms with Crippen LogP contribution in [0.1, 0.15) is 35.2 Å². The van der Waals surface area contributed by atoms with Crippen molar-refractivity contribution in [1.82, 2.24) is 4.90 Å². The van der Waals surface area contributed by atoms with E-state index in [0.29, 0.717) is 5.56 Å². The van der Waals surface area contributed by atoms with Crippen LogP contribution in [0.25, 0.3) is 0 Å². The monoisotopic (exact) mass is 392 g/mol. The van der Waals surface area contributed by atoms with Crippen LogP contribution in [0.3, 0.4) is 0 Å². The van der Waals surface area contributed by atoms with E-state index in [9.17, 15) is 9.90 Å². The van der Waals surface area contributed by atoms with Crippen molar-refractivity contribution in [2.45, 2.75) is 24.9 Å². The van der Waals surface area contributed by atoms with Crippen LogP contribution in [0.2, 0.25) is 0 Å². The standard InChI is InChI=1S/C23H24N2O4/c1-28-22-15-18(7-8-21(22)27)20(26)9-12-25-13-10-23(11-14-25)16-19(24-29-23)17-5-3-2-4-6-17/h2-9,12,15,27H,10-11,13-14,16H2,1H3. The Kier molecular flexibility index (Phi) is 5.25. The van der Waals surface area contributed by atoms with Gasteiger partial charge in [0.2, 0.25) is 0 Å². The smallest absolute Gasteiger partial charge is 0.187 e. The van der Waals surface area contributed by atoms with Crippen molar-refractivity contribution in [3.63, 3.8) is 0 Å². The van der Waals surface area contributed by atoms with Crippen molar-refractivity contribution in [3.05, 3.63) is 71.9 Å². The molecule has 0 aliphatic carbocycles. The van der Waals surface area contributed by atoms with Gasteiger partial charge in [-0.1, -0.05) is 35.5 Å². The van der Waals surface area contributed by atoms with Crippen molar-refractivity contribution in [2.24, 2.45) is 5.16 Å². The van der Waals surface area contributed by atoms with E-state index in [1.807, 2.05) is 24.4 Å². The molecule has 1 saturated heterocycles. The number of ether oxygens (including phenoxy) is 1. The van der Waals surface area contributed by atoms with Gasteiger partial charge in [0.15, 0.2) is 17.3 Å². The third kappa shape index (κ3) is 4.11. The number of methoxy groups -OCH3 is 1. The molecule has 0 aromatic heterocycles. The first-order valence-electron chi connectivity index (χ1n) is 9.73. The lowest BCUT2D eigenvalue weighted by Crippen LogP contribution is -2.42. The van der Waals surface area contributed by atoms with Crippen molar-refractivity contribution in [3.8, 4) is 11.5 Å². The predicted octanol–water partition coefficient (Wildman–Crippen LogP) is 3.76. The van der Waals surface area contributed by atoms with E-state index >= 15 is 0 Å². The highest BCUT2D eigenvalue weighted by Gasteiger charge is 2.41. The number of carbonyl (C=O) groups is 1. The Balaban J connectivity index is 1.33. The summed E-state index contributed by atoms with van der Waals surface area (Å²) in [5.74, 6) is 0.176. The van der Waals surface area contributed by atoms with Crippen LogP contribution >= 0.6 is 0 Å². The van der Waals surface area contributed by atoms with Gasteiger partial charge in [0.25, 0.3) is 0 Å². The maximum Gasteiger partial charge on any atom is 0.187 e. The van der Waals surface area contributed by atoms with Crippen LogP contribution in [0.5, 0.6) is 11.5 Å². The summed E-state index contributed by atoms with van der Waals surface area (Å²) in [7, 11) is 1.46. The zero-order chi connectivity index (χ0) is 20.3. The van der Waals surface area contributed by atoms with Crippen LogP contribution < -0.4 is 4.74 Å². The molecule has 0 atom stereocenters. The molecule has 2 heterocycles. The van der Waals surface area contributed by atoms with Gasteiger partial charge in [-0.15, -0.1) is 0 Å². The molecule has 2 aliphatic heterocycles. The number of rotatable bonds is 5. The fourth-order valence-electron chi connectivity index (χ4n) is 3.76. The molecule has 0 bridgehead atoms. The van der Waals surface area contributed by atoms with E-state index in [0.717, 1.165) is 43.6 Å². The SMILES string of the molecule is COc1cc(C(=O)C=CN2CCC3(CC2)CC(c2ccccc2)=NO3)ccc1O. The number of nitrogens with zero attached hydrogens (tertiary/aromatic N) is 2. The first kappa shape index (κ1) is 19.1. The number of piperidine rings is 1. The Morgan fingerprint density at radius 3 is 2.69 bits per heavy atom. The lowest BCUT2D eigenvalue weighted by Gasteiger charge is -2.36. The Morgan fingerprint density at radius 2 is 1.97 bits per heavy atom. The summed E-state index contributed by atoms with van der Waals surface area (Å²) in [6.45, 7) is 1.61. The van der Waals surface area contributed by atoms with Gasteiger partial charge in [0, 0.05) is 50.2 Å². The predicted molar refractivity (Wildman–Crippen MR) is 110 cm³/mol. The molecule has 2 aromatic carbocycles. The summed E-state index contributed by atoms with van der Waals surface area (Å²) < 4.78 is 5.06. The summed E-state index contributed by atoms with van der Waals surface area (Å²) in [5, 5.41) is 14.0. The third-order valence-electron chi connectivity index (χ3n) is 5.56. The van der Waals surface area contributed by atoms with Gasteiger partial charge in [-0.25, -0.2) is 0 Å². The van der Waals surface area contributed by atoms with Crippen molar-refractivity contribution >= 4 is 11.5 Å². The molecule has 150 valence electrons. The molecule has 1 N–H and O–H groups in total. The molecule has 6 nitrogen and oxygen atoms in total. The van der Waals surface area contributed by atoms with Gasteiger partial charge in [0.1, 0.15) is 5.60 Å². The minimum Gasteiger partial charge on any atom is -0.504 e. The van der Waals surface area contributed by atoms with Gasteiger partial charge >= 0.3 is 0 Å². The second-order valence-corrected chi connectivity index (χ2v) is 7.46. The number of oxime groups is 1. The Morgan fingerprint density at radius 1 is 1.21 bits per heavy atom. The molecule has 29 heavy (non-hydrogen) atoms. The van der Waals surface area contributed by atoms with Gasteiger partial charge in [-0.3, -0.25) is 4.79 Å². The largest absolute Gasteiger partial charge is 0.504 e. The maximum atomic E-state index is 12.4. The lowest BCUT2D eigenvalue weighted by molar-refractivity contribution is -0.0550. The number of likely N-dealkylation sites (tertiary alicyclic amines) is 1. The van der Waals surface area contributed by atoms with Crippen LogP contribution in [-0.2, 0) is 4.84 Å². The highest BCUT2D eigenvalue weighted by molar-refractivity contribution is 6.04. The van der Waals surface area contributed by atoms with E-state index in [-0.39, 0.29) is 22.9 Å². The molecule has 0 radical (unpaired) electrons. The van der Waals surface area contributed by atoms with Crippen LogP contribution in [0.15, 0.2) is 66.0 Å². The summed E-state index contributed by atoms with van der Waals surface area (Å²) in [6.07, 6.45) is 5.94. The van der Waals surface area contributed by atoms with Gasteiger partial charge in [0.05, 0.1) is 12.8 Å². The van der Waals surface area contributed by atoms with E-state index in [1.54, 1.807) is 18.2 Å². The topological polar surface area (TPSA) is 71.4 Å². The number of aromatic hydroxyl groups is 1. The molecule has 2 aliphatic rings. The molecule has 2 aromatic rings. The zero-order valence-corrected chi connectivity index (χ0v) is 16.4. The number of carbonyl (C=O) groups excluding carboxylic acids is 1. The second kappa shape index (κ2) is 7.99. The van der Waals surface area contributed by atoms with Crippen molar-refractivity contribution in [1.29, 1.82) is 0 Å². The number of ketones is 1. The first-order chi connectivity index (χ1) is 14.1. The Bertz CT molecular complexity index is 945. The second-order valence-electron chi connectivity index (χ2n) is 7.46. The van der Waals surface area contributed by atoms with Crippen LogP contribution in [-0.4, -0.2) is 47.3 Å². The minimum atomic E-state index is -0.232. The van der Waals surface area contributed by atoms with Crippen molar-refractivity contribution in [2.75, 3.05) is 20.2 Å². The Labute approximate surface area is 170 Å². The average molecular weight is 392 g/mol. The van der Waals surface area contributed by atoms with E-state index in [2.05, 4.69) is 22.2 Å². The number of allylic oxidation sites excluding steroid dienone is 1. The van der Waals surface area contributed by atoms with Gasteiger partial charge < -0.3 is 19.6 Å². The minimum absolute atomic E-state index is 0.0167. The number of phenolic OH excluding ortho intramolecular Hbond substituents is 1. The van der Waals surface area contributed by atoms with E-state index in [1.165, 1.54) is 13.2 Å². The Hall–Kier alpha value is -3.28. The molecule has 0 saturated carbocycles. The van der Waals surface area contributed by atoms with Crippen molar-refractivity contribution < 1.29 is 19.5 Å². The summed E-state index contributed by atoms with van der Waals surface area (Å²) in [4.78, 5) is 20.4. The molecule has 4 rings (SSSR count). The molecule has 0 amide bonds. The highest BCUT2D eigenvalue weighted by atomic mass is 16.7.